The van der Waals surface area contributed by atoms with E-state index in [0.29, 0.717) is 19.4 Å². The van der Waals surface area contributed by atoms with Crippen molar-refractivity contribution in [2.45, 2.75) is 39.0 Å². The number of carbonyl (C=O) groups is 3. The number of amides is 1. The molecule has 1 fully saturated rings. The van der Waals surface area contributed by atoms with E-state index in [1.165, 1.54) is 6.07 Å². The summed E-state index contributed by atoms with van der Waals surface area (Å²) in [7, 11) is 0. The molecule has 1 aromatic rings. The van der Waals surface area contributed by atoms with Crippen LogP contribution in [0.15, 0.2) is 35.0 Å². The third kappa shape index (κ3) is 4.98. The fourth-order valence-corrected chi connectivity index (χ4v) is 3.88. The van der Waals surface area contributed by atoms with E-state index in [4.69, 9.17) is 4.74 Å². The van der Waals surface area contributed by atoms with Crippen LogP contribution in [0.3, 0.4) is 0 Å². The third-order valence-electron chi connectivity index (χ3n) is 5.44. The Hall–Kier alpha value is -2.90. The maximum absolute atomic E-state index is 13.8. The Labute approximate surface area is 173 Å². The molecule has 0 spiro atoms. The Bertz CT molecular complexity index is 882. The Kier molecular flexibility index (Phi) is 7.07. The van der Waals surface area contributed by atoms with Crippen molar-refractivity contribution >= 4 is 23.4 Å². The summed E-state index contributed by atoms with van der Waals surface area (Å²) in [6, 6.07) is 3.16. The van der Waals surface area contributed by atoms with Gasteiger partial charge in [-0.05, 0) is 56.7 Å². The van der Waals surface area contributed by atoms with Crippen molar-refractivity contribution in [2.75, 3.05) is 13.2 Å². The average Bonchev–Trinajstić information content (AvgIpc) is 3.17. The second-order valence-electron chi connectivity index (χ2n) is 7.45. The summed E-state index contributed by atoms with van der Waals surface area (Å²) in [6.45, 7) is 2.34. The van der Waals surface area contributed by atoms with Gasteiger partial charge in [0.05, 0.1) is 24.8 Å². The van der Waals surface area contributed by atoms with Gasteiger partial charge >= 0.3 is 5.97 Å². The molecular weight excluding hydrogens is 394 g/mol. The molecule has 1 N–H and O–H groups in total. The topological polar surface area (TPSA) is 84.8 Å². The maximum Gasteiger partial charge on any atom is 0.308 e. The first-order valence-electron chi connectivity index (χ1n) is 10.1. The predicted molar refractivity (Wildman–Crippen MR) is 106 cm³/mol. The Morgan fingerprint density at radius 1 is 1.13 bits per heavy atom. The molecule has 0 atom stereocenters. The SMILES string of the molecule is CCOC(=O)C1CCC(CC(=O)C2=NCC=C2NC(=O)c2c(F)cccc2F)CC1. The number of ketones is 1. The van der Waals surface area contributed by atoms with Crippen LogP contribution < -0.4 is 5.32 Å². The highest BCUT2D eigenvalue weighted by Crippen LogP contribution is 2.32. The summed E-state index contributed by atoms with van der Waals surface area (Å²) in [4.78, 5) is 41.0. The van der Waals surface area contributed by atoms with Gasteiger partial charge in [0.15, 0.2) is 5.78 Å². The normalized spacial score (nSPS) is 20.9. The van der Waals surface area contributed by atoms with Crippen LogP contribution in [0.5, 0.6) is 0 Å². The molecule has 0 unspecified atom stereocenters. The first-order chi connectivity index (χ1) is 14.4. The molecule has 2 aliphatic rings. The summed E-state index contributed by atoms with van der Waals surface area (Å²) < 4.78 is 32.7. The summed E-state index contributed by atoms with van der Waals surface area (Å²) >= 11 is 0. The monoisotopic (exact) mass is 418 g/mol. The van der Waals surface area contributed by atoms with E-state index < -0.39 is 23.1 Å². The molecule has 1 aliphatic heterocycles. The quantitative estimate of drug-likeness (QED) is 0.688. The molecule has 8 heteroatoms. The lowest BCUT2D eigenvalue weighted by Gasteiger charge is -2.26. The maximum atomic E-state index is 13.8. The van der Waals surface area contributed by atoms with E-state index in [2.05, 4.69) is 10.3 Å². The molecule has 30 heavy (non-hydrogen) atoms. The molecule has 0 bridgehead atoms. The number of carbonyl (C=O) groups excluding carboxylic acids is 3. The number of benzene rings is 1. The van der Waals surface area contributed by atoms with Gasteiger partial charge in [0, 0.05) is 6.42 Å². The Morgan fingerprint density at radius 3 is 2.43 bits per heavy atom. The predicted octanol–water partition coefficient (Wildman–Crippen LogP) is 3.36. The molecule has 1 aliphatic carbocycles. The van der Waals surface area contributed by atoms with E-state index in [9.17, 15) is 23.2 Å². The van der Waals surface area contributed by atoms with Crippen molar-refractivity contribution in [1.29, 1.82) is 0 Å². The lowest BCUT2D eigenvalue weighted by atomic mass is 9.79. The molecule has 1 amide bonds. The van der Waals surface area contributed by atoms with Crippen LogP contribution in [-0.4, -0.2) is 36.5 Å². The minimum absolute atomic E-state index is 0.118. The number of Topliss-reactive ketones (excluding diaryl/α,β-unsaturated/α-hetero) is 1. The highest BCUT2D eigenvalue weighted by Gasteiger charge is 2.31. The summed E-state index contributed by atoms with van der Waals surface area (Å²) in [5.74, 6) is -3.33. The fraction of sp³-hybridized carbons (Fsp3) is 0.455. The van der Waals surface area contributed by atoms with Gasteiger partial charge in [0.25, 0.3) is 5.91 Å². The molecule has 160 valence electrons. The van der Waals surface area contributed by atoms with Gasteiger partial charge in [0.2, 0.25) is 0 Å². The van der Waals surface area contributed by atoms with Gasteiger partial charge in [-0.2, -0.15) is 0 Å². The number of halogens is 2. The van der Waals surface area contributed by atoms with E-state index in [-0.39, 0.29) is 48.0 Å². The molecule has 1 aromatic carbocycles. The van der Waals surface area contributed by atoms with E-state index in [1.807, 2.05) is 0 Å². The van der Waals surface area contributed by atoms with Crippen LogP contribution in [-0.2, 0) is 14.3 Å². The highest BCUT2D eigenvalue weighted by molar-refractivity contribution is 6.47. The fourth-order valence-electron chi connectivity index (χ4n) is 3.88. The molecule has 6 nitrogen and oxygen atoms in total. The minimum atomic E-state index is -0.978. The lowest BCUT2D eigenvalue weighted by Crippen LogP contribution is -2.32. The molecule has 0 saturated heterocycles. The summed E-state index contributed by atoms with van der Waals surface area (Å²) in [5, 5.41) is 2.41. The number of aliphatic imine (C=N–C) groups is 1. The van der Waals surface area contributed by atoms with Crippen molar-refractivity contribution < 1.29 is 27.9 Å². The number of ether oxygens (including phenoxy) is 1. The number of nitrogens with zero attached hydrogens (tertiary/aromatic N) is 1. The van der Waals surface area contributed by atoms with Crippen LogP contribution in [0, 0.1) is 23.5 Å². The van der Waals surface area contributed by atoms with Gasteiger partial charge in [-0.1, -0.05) is 6.07 Å². The van der Waals surface area contributed by atoms with Gasteiger partial charge in [-0.3, -0.25) is 19.4 Å². The van der Waals surface area contributed by atoms with Gasteiger partial charge in [0.1, 0.15) is 22.9 Å². The zero-order valence-electron chi connectivity index (χ0n) is 16.7. The zero-order valence-corrected chi connectivity index (χ0v) is 16.7. The van der Waals surface area contributed by atoms with Crippen molar-refractivity contribution in [2.24, 2.45) is 16.8 Å². The number of rotatable bonds is 7. The van der Waals surface area contributed by atoms with Crippen LogP contribution in [0.1, 0.15) is 49.4 Å². The van der Waals surface area contributed by atoms with Crippen molar-refractivity contribution in [1.82, 2.24) is 5.32 Å². The lowest BCUT2D eigenvalue weighted by molar-refractivity contribution is -0.149. The largest absolute Gasteiger partial charge is 0.466 e. The molecule has 3 rings (SSSR count). The van der Waals surface area contributed by atoms with Crippen molar-refractivity contribution in [3.05, 3.63) is 47.2 Å². The molecule has 1 saturated carbocycles. The highest BCUT2D eigenvalue weighted by atomic mass is 19.1. The van der Waals surface area contributed by atoms with E-state index >= 15 is 0 Å². The Balaban J connectivity index is 1.56. The third-order valence-corrected chi connectivity index (χ3v) is 5.44. The second-order valence-corrected chi connectivity index (χ2v) is 7.45. The average molecular weight is 418 g/mol. The van der Waals surface area contributed by atoms with Crippen LogP contribution in [0.2, 0.25) is 0 Å². The number of nitrogens with one attached hydrogen (secondary N) is 1. The summed E-state index contributed by atoms with van der Waals surface area (Å²) in [5.41, 5.74) is -0.408. The van der Waals surface area contributed by atoms with Gasteiger partial charge in [-0.15, -0.1) is 0 Å². The first-order valence-corrected chi connectivity index (χ1v) is 10.1. The van der Waals surface area contributed by atoms with Crippen LogP contribution in [0.4, 0.5) is 8.78 Å². The van der Waals surface area contributed by atoms with Gasteiger partial charge < -0.3 is 10.1 Å². The van der Waals surface area contributed by atoms with Crippen LogP contribution >= 0.6 is 0 Å². The number of esters is 1. The molecular formula is C22H24F2N2O4. The Morgan fingerprint density at radius 2 is 1.80 bits per heavy atom. The summed E-state index contributed by atoms with van der Waals surface area (Å²) in [6.07, 6.45) is 4.60. The second kappa shape index (κ2) is 9.73. The minimum Gasteiger partial charge on any atom is -0.466 e. The number of hydrogen-bond acceptors (Lipinski definition) is 5. The van der Waals surface area contributed by atoms with Crippen molar-refractivity contribution in [3.8, 4) is 0 Å². The molecule has 0 radical (unpaired) electrons. The van der Waals surface area contributed by atoms with Crippen LogP contribution in [0.25, 0.3) is 0 Å². The van der Waals surface area contributed by atoms with E-state index in [0.717, 1.165) is 25.0 Å². The van der Waals surface area contributed by atoms with Crippen molar-refractivity contribution in [3.63, 3.8) is 0 Å². The van der Waals surface area contributed by atoms with Gasteiger partial charge in [-0.25, -0.2) is 8.78 Å². The first kappa shape index (κ1) is 21.8. The standard InChI is InChI=1S/C22H24F2N2O4/c1-2-30-22(29)14-8-6-13(7-9-14)12-18(27)20-17(10-11-25-20)26-21(28)19-15(23)4-3-5-16(19)24/h3-5,10,13-14H,2,6-9,11-12H2,1H3,(H,26,28). The smallest absolute Gasteiger partial charge is 0.308 e. The van der Waals surface area contributed by atoms with E-state index in [1.54, 1.807) is 13.0 Å². The molecule has 0 aromatic heterocycles. The number of hydrogen-bond donors (Lipinski definition) is 1. The molecule has 1 heterocycles. The number of allylic oxidation sites excluding steroid dienone is 1. The zero-order chi connectivity index (χ0) is 21.7.